The molecule has 23 heavy (non-hydrogen) atoms. The fourth-order valence-electron chi connectivity index (χ4n) is 2.25. The van der Waals surface area contributed by atoms with Gasteiger partial charge in [0.1, 0.15) is 6.04 Å². The molecule has 1 heterocycles. The summed E-state index contributed by atoms with van der Waals surface area (Å²) in [5.41, 5.74) is 0.759. The number of amides is 1. The lowest BCUT2D eigenvalue weighted by molar-refractivity contribution is -0.125. The zero-order valence-electron chi connectivity index (χ0n) is 12.8. The highest BCUT2D eigenvalue weighted by Crippen LogP contribution is 2.29. The number of morpholine rings is 1. The van der Waals surface area contributed by atoms with Gasteiger partial charge in [-0.25, -0.2) is 0 Å². The number of methoxy groups -OCH3 is 1. The quantitative estimate of drug-likeness (QED) is 0.779. The highest BCUT2D eigenvalue weighted by Gasteiger charge is 2.20. The molecular formula is C15H20F2N2O4. The van der Waals surface area contributed by atoms with Crippen LogP contribution < -0.4 is 20.1 Å². The van der Waals surface area contributed by atoms with Gasteiger partial charge in [-0.1, -0.05) is 6.07 Å². The highest BCUT2D eigenvalue weighted by molar-refractivity contribution is 5.81. The van der Waals surface area contributed by atoms with Gasteiger partial charge >= 0.3 is 6.61 Å². The number of carbonyl (C=O) groups is 1. The molecular weight excluding hydrogens is 310 g/mol. The number of nitrogens with one attached hydrogen (secondary N) is 2. The smallest absolute Gasteiger partial charge is 0.387 e. The van der Waals surface area contributed by atoms with E-state index in [0.29, 0.717) is 32.7 Å². The summed E-state index contributed by atoms with van der Waals surface area (Å²) in [5.74, 6) is 0.0811. The number of rotatable bonds is 7. The lowest BCUT2D eigenvalue weighted by Gasteiger charge is -2.22. The van der Waals surface area contributed by atoms with E-state index in [0.717, 1.165) is 5.56 Å². The first-order chi connectivity index (χ1) is 11.1. The van der Waals surface area contributed by atoms with E-state index in [1.807, 2.05) is 0 Å². The zero-order chi connectivity index (χ0) is 16.7. The minimum Gasteiger partial charge on any atom is -0.493 e. The van der Waals surface area contributed by atoms with Crippen LogP contribution in [0.3, 0.4) is 0 Å². The molecule has 2 N–H and O–H groups in total. The Morgan fingerprint density at radius 3 is 2.96 bits per heavy atom. The third-order valence-electron chi connectivity index (χ3n) is 3.40. The van der Waals surface area contributed by atoms with Gasteiger partial charge in [0.05, 0.1) is 20.3 Å². The van der Waals surface area contributed by atoms with Gasteiger partial charge in [-0.15, -0.1) is 0 Å². The fourth-order valence-corrected chi connectivity index (χ4v) is 2.25. The van der Waals surface area contributed by atoms with Crippen LogP contribution in [0.25, 0.3) is 0 Å². The molecule has 0 radical (unpaired) electrons. The third kappa shape index (κ3) is 5.33. The van der Waals surface area contributed by atoms with Crippen molar-refractivity contribution < 1.29 is 27.8 Å². The molecule has 1 aliphatic rings. The van der Waals surface area contributed by atoms with E-state index in [4.69, 9.17) is 9.47 Å². The van der Waals surface area contributed by atoms with E-state index >= 15 is 0 Å². The van der Waals surface area contributed by atoms with Crippen LogP contribution in [0.2, 0.25) is 0 Å². The SMILES string of the molecule is COc1ccc(CCNC(=O)C2COCCN2)cc1OC(F)F. The van der Waals surface area contributed by atoms with Crippen LogP contribution in [0, 0.1) is 0 Å². The zero-order valence-corrected chi connectivity index (χ0v) is 12.8. The molecule has 1 amide bonds. The van der Waals surface area contributed by atoms with Crippen molar-refractivity contribution in [1.29, 1.82) is 0 Å². The van der Waals surface area contributed by atoms with Crippen molar-refractivity contribution in [3.05, 3.63) is 23.8 Å². The number of benzene rings is 1. The number of hydrogen-bond donors (Lipinski definition) is 2. The van der Waals surface area contributed by atoms with E-state index in [9.17, 15) is 13.6 Å². The second-order valence-electron chi connectivity index (χ2n) is 4.99. The molecule has 1 saturated heterocycles. The molecule has 0 bridgehead atoms. The average molecular weight is 330 g/mol. The standard InChI is InChI=1S/C15H20F2N2O4/c1-21-12-3-2-10(8-13(12)23-15(16)17)4-5-19-14(20)11-9-22-7-6-18-11/h2-3,8,11,15,18H,4-7,9H2,1H3,(H,19,20). The third-order valence-corrected chi connectivity index (χ3v) is 3.40. The molecule has 2 rings (SSSR count). The van der Waals surface area contributed by atoms with E-state index in [-0.39, 0.29) is 23.4 Å². The molecule has 8 heteroatoms. The summed E-state index contributed by atoms with van der Waals surface area (Å²) in [7, 11) is 1.38. The Bertz CT molecular complexity index is 522. The van der Waals surface area contributed by atoms with Crippen LogP contribution in [0.5, 0.6) is 11.5 Å². The normalized spacial score (nSPS) is 17.8. The first kappa shape index (κ1) is 17.4. The first-order valence-corrected chi connectivity index (χ1v) is 7.30. The van der Waals surface area contributed by atoms with Crippen LogP contribution in [0.4, 0.5) is 8.78 Å². The minimum atomic E-state index is -2.92. The van der Waals surface area contributed by atoms with Crippen LogP contribution in [-0.4, -0.2) is 52.0 Å². The minimum absolute atomic E-state index is 0.0197. The predicted octanol–water partition coefficient (Wildman–Crippen LogP) is 0.944. The van der Waals surface area contributed by atoms with E-state index in [2.05, 4.69) is 15.4 Å². The van der Waals surface area contributed by atoms with Crippen molar-refractivity contribution in [2.24, 2.45) is 0 Å². The molecule has 0 saturated carbocycles. The van der Waals surface area contributed by atoms with Crippen molar-refractivity contribution in [2.45, 2.75) is 19.1 Å². The Morgan fingerprint density at radius 2 is 2.30 bits per heavy atom. The van der Waals surface area contributed by atoms with Gasteiger partial charge in [-0.05, 0) is 24.1 Å². The van der Waals surface area contributed by atoms with Crippen molar-refractivity contribution in [3.8, 4) is 11.5 Å². The maximum absolute atomic E-state index is 12.4. The van der Waals surface area contributed by atoms with Crippen LogP contribution in [0.15, 0.2) is 18.2 Å². The number of halogens is 2. The number of hydrogen-bond acceptors (Lipinski definition) is 5. The summed E-state index contributed by atoms with van der Waals surface area (Å²) in [6.07, 6.45) is 0.489. The summed E-state index contributed by atoms with van der Waals surface area (Å²) in [4.78, 5) is 11.9. The van der Waals surface area contributed by atoms with Crippen molar-refractivity contribution >= 4 is 5.91 Å². The van der Waals surface area contributed by atoms with Crippen molar-refractivity contribution in [2.75, 3.05) is 33.4 Å². The fraction of sp³-hybridized carbons (Fsp3) is 0.533. The molecule has 0 aliphatic carbocycles. The van der Waals surface area contributed by atoms with E-state index < -0.39 is 6.61 Å². The molecule has 0 spiro atoms. The molecule has 1 aromatic carbocycles. The number of alkyl halides is 2. The second-order valence-corrected chi connectivity index (χ2v) is 4.99. The molecule has 1 aromatic rings. The summed E-state index contributed by atoms with van der Waals surface area (Å²) in [5, 5.41) is 5.84. The largest absolute Gasteiger partial charge is 0.493 e. The topological polar surface area (TPSA) is 68.8 Å². The molecule has 1 fully saturated rings. The van der Waals surface area contributed by atoms with Gasteiger partial charge < -0.3 is 24.8 Å². The maximum atomic E-state index is 12.4. The maximum Gasteiger partial charge on any atom is 0.387 e. The number of ether oxygens (including phenoxy) is 3. The summed E-state index contributed by atoms with van der Waals surface area (Å²) in [6.45, 7) is -0.942. The predicted molar refractivity (Wildman–Crippen MR) is 78.9 cm³/mol. The Morgan fingerprint density at radius 1 is 1.48 bits per heavy atom. The van der Waals surface area contributed by atoms with Gasteiger partial charge in [-0.2, -0.15) is 8.78 Å². The average Bonchev–Trinajstić information content (AvgIpc) is 2.55. The van der Waals surface area contributed by atoms with Crippen LogP contribution in [0.1, 0.15) is 5.56 Å². The molecule has 6 nitrogen and oxygen atoms in total. The molecule has 0 aromatic heterocycles. The highest BCUT2D eigenvalue weighted by atomic mass is 19.3. The van der Waals surface area contributed by atoms with Crippen molar-refractivity contribution in [1.82, 2.24) is 10.6 Å². The molecule has 1 atom stereocenters. The molecule has 128 valence electrons. The first-order valence-electron chi connectivity index (χ1n) is 7.30. The summed E-state index contributed by atoms with van der Waals surface area (Å²) in [6, 6.07) is 4.44. The van der Waals surface area contributed by atoms with Crippen molar-refractivity contribution in [3.63, 3.8) is 0 Å². The Hall–Kier alpha value is -1.93. The van der Waals surface area contributed by atoms with Gasteiger partial charge in [0.2, 0.25) is 5.91 Å². The number of carbonyl (C=O) groups excluding carboxylic acids is 1. The van der Waals surface area contributed by atoms with E-state index in [1.54, 1.807) is 12.1 Å². The Kier molecular flexibility index (Phi) is 6.54. The molecule has 1 aliphatic heterocycles. The molecule has 1 unspecified atom stereocenters. The lowest BCUT2D eigenvalue weighted by atomic mass is 10.1. The van der Waals surface area contributed by atoms with E-state index in [1.165, 1.54) is 13.2 Å². The van der Waals surface area contributed by atoms with Gasteiger partial charge in [0.15, 0.2) is 11.5 Å². The van der Waals surface area contributed by atoms with Crippen LogP contribution in [-0.2, 0) is 16.0 Å². The van der Waals surface area contributed by atoms with Crippen LogP contribution >= 0.6 is 0 Å². The monoisotopic (exact) mass is 330 g/mol. The summed E-state index contributed by atoms with van der Waals surface area (Å²) < 4.78 is 39.4. The summed E-state index contributed by atoms with van der Waals surface area (Å²) >= 11 is 0. The van der Waals surface area contributed by atoms with Gasteiger partial charge in [0, 0.05) is 13.1 Å². The Balaban J connectivity index is 1.86. The van der Waals surface area contributed by atoms with Gasteiger partial charge in [0.25, 0.3) is 0 Å². The Labute approximate surface area is 133 Å². The lowest BCUT2D eigenvalue weighted by Crippen LogP contribution is -2.51. The van der Waals surface area contributed by atoms with Gasteiger partial charge in [-0.3, -0.25) is 4.79 Å². The second kappa shape index (κ2) is 8.64.